The fourth-order valence-electron chi connectivity index (χ4n) is 4.05. The fourth-order valence-corrected chi connectivity index (χ4v) is 5.82. The van der Waals surface area contributed by atoms with Gasteiger partial charge in [0.05, 0.1) is 5.75 Å². The van der Waals surface area contributed by atoms with Crippen LogP contribution >= 0.6 is 0 Å². The summed E-state index contributed by atoms with van der Waals surface area (Å²) in [4.78, 5) is 0. The molecule has 104 valence electrons. The fraction of sp³-hybridized carbons (Fsp3) is 1.00. The third-order valence-corrected chi connectivity index (χ3v) is 6.96. The van der Waals surface area contributed by atoms with Crippen LogP contribution in [0.1, 0.15) is 51.4 Å². The van der Waals surface area contributed by atoms with Crippen LogP contribution in [-0.4, -0.2) is 43.1 Å². The molecular weight excluding hydrogens is 248 g/mol. The van der Waals surface area contributed by atoms with Crippen molar-refractivity contribution in [2.75, 3.05) is 18.8 Å². The first-order valence-electron chi connectivity index (χ1n) is 7.36. The van der Waals surface area contributed by atoms with Crippen molar-refractivity contribution < 1.29 is 8.42 Å². The molecule has 1 spiro atoms. The minimum atomic E-state index is -2.94. The number of sulfonamides is 1. The highest BCUT2D eigenvalue weighted by Crippen LogP contribution is 2.37. The van der Waals surface area contributed by atoms with Gasteiger partial charge in [0.1, 0.15) is 0 Å². The molecule has 1 N–H and O–H groups in total. The average Bonchev–Trinajstić information content (AvgIpc) is 2.70. The molecule has 3 fully saturated rings. The first-order chi connectivity index (χ1) is 8.61. The molecule has 5 heteroatoms. The van der Waals surface area contributed by atoms with Gasteiger partial charge in [-0.15, -0.1) is 0 Å². The van der Waals surface area contributed by atoms with Crippen molar-refractivity contribution in [2.24, 2.45) is 0 Å². The summed E-state index contributed by atoms with van der Waals surface area (Å²) in [5, 5.41) is 3.69. The van der Waals surface area contributed by atoms with Gasteiger partial charge in [-0.25, -0.2) is 8.42 Å². The molecule has 0 amide bonds. The maximum absolute atomic E-state index is 12.0. The van der Waals surface area contributed by atoms with E-state index in [0.29, 0.717) is 5.75 Å². The van der Waals surface area contributed by atoms with E-state index in [9.17, 15) is 8.42 Å². The van der Waals surface area contributed by atoms with Crippen LogP contribution < -0.4 is 5.32 Å². The topological polar surface area (TPSA) is 49.4 Å². The SMILES string of the molecule is O=S1(=O)CCCN1C1CCNC2(CCCCC2)C1. The highest BCUT2D eigenvalue weighted by atomic mass is 32.2. The van der Waals surface area contributed by atoms with E-state index in [-0.39, 0.29) is 11.6 Å². The first-order valence-corrected chi connectivity index (χ1v) is 8.97. The molecule has 0 aromatic rings. The number of nitrogens with one attached hydrogen (secondary N) is 1. The molecule has 3 rings (SSSR count). The Hall–Kier alpha value is -0.130. The third kappa shape index (κ3) is 2.32. The Morgan fingerprint density at radius 3 is 2.56 bits per heavy atom. The molecule has 0 radical (unpaired) electrons. The van der Waals surface area contributed by atoms with E-state index in [0.717, 1.165) is 32.4 Å². The molecule has 1 saturated carbocycles. The monoisotopic (exact) mass is 272 g/mol. The van der Waals surface area contributed by atoms with Crippen LogP contribution in [0.2, 0.25) is 0 Å². The summed E-state index contributed by atoms with van der Waals surface area (Å²) in [6.45, 7) is 1.74. The van der Waals surface area contributed by atoms with Crippen LogP contribution in [0.15, 0.2) is 0 Å². The second-order valence-corrected chi connectivity index (χ2v) is 8.24. The predicted octanol–water partition coefficient (Wildman–Crippen LogP) is 1.48. The van der Waals surface area contributed by atoms with Gasteiger partial charge in [-0.1, -0.05) is 19.3 Å². The van der Waals surface area contributed by atoms with Crippen LogP contribution in [0.4, 0.5) is 0 Å². The number of piperidine rings is 1. The quantitative estimate of drug-likeness (QED) is 0.786. The number of hydrogen-bond donors (Lipinski definition) is 1. The standard InChI is InChI=1S/C13H24N2O2S/c16-18(17)10-4-9-15(18)12-5-8-14-13(11-12)6-2-1-3-7-13/h12,14H,1-11H2. The molecule has 1 unspecified atom stereocenters. The van der Waals surface area contributed by atoms with E-state index >= 15 is 0 Å². The lowest BCUT2D eigenvalue weighted by Crippen LogP contribution is -2.57. The van der Waals surface area contributed by atoms with Crippen LogP contribution in [0.5, 0.6) is 0 Å². The second kappa shape index (κ2) is 4.76. The minimum absolute atomic E-state index is 0.249. The van der Waals surface area contributed by atoms with Gasteiger partial charge in [0, 0.05) is 18.1 Å². The van der Waals surface area contributed by atoms with E-state index in [4.69, 9.17) is 0 Å². The second-order valence-electron chi connectivity index (χ2n) is 6.19. The maximum Gasteiger partial charge on any atom is 0.214 e. The molecule has 2 aliphatic heterocycles. The Kier molecular flexibility index (Phi) is 3.41. The highest BCUT2D eigenvalue weighted by Gasteiger charge is 2.42. The molecule has 0 bridgehead atoms. The van der Waals surface area contributed by atoms with Gasteiger partial charge in [0.25, 0.3) is 0 Å². The van der Waals surface area contributed by atoms with Crippen LogP contribution in [-0.2, 0) is 10.0 Å². The van der Waals surface area contributed by atoms with Crippen molar-refractivity contribution in [2.45, 2.75) is 62.9 Å². The molecule has 4 nitrogen and oxygen atoms in total. The van der Waals surface area contributed by atoms with Crippen molar-refractivity contribution in [3.8, 4) is 0 Å². The van der Waals surface area contributed by atoms with Gasteiger partial charge in [0.15, 0.2) is 0 Å². The van der Waals surface area contributed by atoms with Crippen molar-refractivity contribution in [3.63, 3.8) is 0 Å². The Morgan fingerprint density at radius 1 is 1.11 bits per heavy atom. The lowest BCUT2D eigenvalue weighted by atomic mass is 9.75. The van der Waals surface area contributed by atoms with Crippen LogP contribution in [0.25, 0.3) is 0 Å². The third-order valence-electron chi connectivity index (χ3n) is 4.96. The smallest absolute Gasteiger partial charge is 0.214 e. The minimum Gasteiger partial charge on any atom is -0.311 e. The van der Waals surface area contributed by atoms with Gasteiger partial charge in [0.2, 0.25) is 10.0 Å². The predicted molar refractivity (Wildman–Crippen MR) is 72.0 cm³/mol. The number of hydrogen-bond acceptors (Lipinski definition) is 3. The highest BCUT2D eigenvalue weighted by molar-refractivity contribution is 7.89. The van der Waals surface area contributed by atoms with Crippen molar-refractivity contribution >= 4 is 10.0 Å². The molecule has 1 aliphatic carbocycles. The van der Waals surface area contributed by atoms with Crippen LogP contribution in [0, 0.1) is 0 Å². The molecule has 0 aromatic heterocycles. The zero-order valence-corrected chi connectivity index (χ0v) is 11.8. The zero-order valence-electron chi connectivity index (χ0n) is 11.0. The van der Waals surface area contributed by atoms with E-state index in [2.05, 4.69) is 5.32 Å². The Morgan fingerprint density at radius 2 is 1.89 bits per heavy atom. The molecule has 18 heavy (non-hydrogen) atoms. The summed E-state index contributed by atoms with van der Waals surface area (Å²) >= 11 is 0. The number of rotatable bonds is 1. The van der Waals surface area contributed by atoms with Gasteiger partial charge in [-0.05, 0) is 38.6 Å². The molecule has 0 aromatic carbocycles. The zero-order chi connectivity index (χ0) is 12.6. The summed E-state index contributed by atoms with van der Waals surface area (Å²) in [5.74, 6) is 0.365. The summed E-state index contributed by atoms with van der Waals surface area (Å²) in [6.07, 6.45) is 9.25. The van der Waals surface area contributed by atoms with Crippen molar-refractivity contribution in [1.82, 2.24) is 9.62 Å². The van der Waals surface area contributed by atoms with Gasteiger partial charge >= 0.3 is 0 Å². The summed E-state index contributed by atoms with van der Waals surface area (Å²) in [7, 11) is -2.94. The maximum atomic E-state index is 12.0. The van der Waals surface area contributed by atoms with Gasteiger partial charge in [-0.2, -0.15) is 4.31 Å². The molecule has 1 atom stereocenters. The lowest BCUT2D eigenvalue weighted by Gasteiger charge is -2.46. The van der Waals surface area contributed by atoms with E-state index < -0.39 is 10.0 Å². The normalized spacial score (nSPS) is 35.9. The molecule has 2 saturated heterocycles. The Bertz CT molecular complexity index is 396. The van der Waals surface area contributed by atoms with E-state index in [1.807, 2.05) is 4.31 Å². The molecular formula is C13H24N2O2S. The van der Waals surface area contributed by atoms with Crippen molar-refractivity contribution in [1.29, 1.82) is 0 Å². The first kappa shape index (κ1) is 12.9. The van der Waals surface area contributed by atoms with E-state index in [1.54, 1.807) is 0 Å². The largest absolute Gasteiger partial charge is 0.311 e. The molecule has 3 aliphatic rings. The Balaban J connectivity index is 1.74. The summed E-state index contributed by atoms with van der Waals surface area (Å²) in [5.41, 5.74) is 0.249. The summed E-state index contributed by atoms with van der Waals surface area (Å²) < 4.78 is 25.9. The number of nitrogens with zero attached hydrogens (tertiary/aromatic N) is 1. The molecule has 2 heterocycles. The van der Waals surface area contributed by atoms with E-state index in [1.165, 1.54) is 32.1 Å². The van der Waals surface area contributed by atoms with Crippen LogP contribution in [0.3, 0.4) is 0 Å². The Labute approximate surface area is 110 Å². The summed E-state index contributed by atoms with van der Waals surface area (Å²) in [6, 6.07) is 0.261. The van der Waals surface area contributed by atoms with Crippen molar-refractivity contribution in [3.05, 3.63) is 0 Å². The lowest BCUT2D eigenvalue weighted by molar-refractivity contribution is 0.128. The van der Waals surface area contributed by atoms with Gasteiger partial charge in [-0.3, -0.25) is 0 Å². The average molecular weight is 272 g/mol. The van der Waals surface area contributed by atoms with Gasteiger partial charge < -0.3 is 5.32 Å².